The summed E-state index contributed by atoms with van der Waals surface area (Å²) in [6, 6.07) is 10.8. The van der Waals surface area contributed by atoms with Crippen LogP contribution in [0.3, 0.4) is 0 Å². The van der Waals surface area contributed by atoms with Gasteiger partial charge in [0.25, 0.3) is 0 Å². The predicted octanol–water partition coefficient (Wildman–Crippen LogP) is 3.38. The van der Waals surface area contributed by atoms with Crippen LogP contribution in [0, 0.1) is 11.8 Å². The lowest BCUT2D eigenvalue weighted by Crippen LogP contribution is -2.27. The molecule has 0 aromatic heterocycles. The molecule has 2 atom stereocenters. The Hall–Kier alpha value is -0.820. The maximum Gasteiger partial charge on any atom is -0.00462 e. The van der Waals surface area contributed by atoms with Crippen LogP contribution >= 0.6 is 0 Å². The van der Waals surface area contributed by atoms with Gasteiger partial charge in [-0.25, -0.2) is 0 Å². The summed E-state index contributed by atoms with van der Waals surface area (Å²) in [7, 11) is 0. The first-order valence-electron chi connectivity index (χ1n) is 6.64. The highest BCUT2D eigenvalue weighted by molar-refractivity contribution is 5.14. The van der Waals surface area contributed by atoms with Gasteiger partial charge in [0.15, 0.2) is 0 Å². The van der Waals surface area contributed by atoms with E-state index in [1.807, 2.05) is 0 Å². The minimum atomic E-state index is 0.789. The third kappa shape index (κ3) is 3.08. The molecule has 1 fully saturated rings. The van der Waals surface area contributed by atoms with Gasteiger partial charge < -0.3 is 5.73 Å². The molecule has 1 aliphatic rings. The van der Waals surface area contributed by atoms with Crippen LogP contribution < -0.4 is 5.73 Å². The molecule has 2 rings (SSSR count). The first-order chi connectivity index (χ1) is 7.90. The number of aryl methyl sites for hydroxylation is 1. The Labute approximate surface area is 99.0 Å². The molecule has 1 aliphatic carbocycles. The van der Waals surface area contributed by atoms with Crippen molar-refractivity contribution in [2.45, 2.75) is 38.5 Å². The second-order valence-corrected chi connectivity index (χ2v) is 5.06. The SMILES string of the molecule is NCC1CCCCC1CCc1ccccc1. The quantitative estimate of drug-likeness (QED) is 0.822. The lowest BCUT2D eigenvalue weighted by molar-refractivity contribution is 0.230. The number of nitrogens with two attached hydrogens (primary N) is 1. The summed E-state index contributed by atoms with van der Waals surface area (Å²) in [5.74, 6) is 1.66. The average molecular weight is 217 g/mol. The molecule has 0 heterocycles. The van der Waals surface area contributed by atoms with E-state index in [9.17, 15) is 0 Å². The van der Waals surface area contributed by atoms with E-state index < -0.39 is 0 Å². The van der Waals surface area contributed by atoms with Crippen LogP contribution in [-0.2, 0) is 6.42 Å². The van der Waals surface area contributed by atoms with Crippen LogP contribution in [0.5, 0.6) is 0 Å². The number of hydrogen-bond donors (Lipinski definition) is 1. The van der Waals surface area contributed by atoms with E-state index in [1.165, 1.54) is 44.1 Å². The summed E-state index contributed by atoms with van der Waals surface area (Å²) < 4.78 is 0. The molecule has 2 N–H and O–H groups in total. The summed E-state index contributed by atoms with van der Waals surface area (Å²) in [5.41, 5.74) is 7.34. The topological polar surface area (TPSA) is 26.0 Å². The van der Waals surface area contributed by atoms with Crippen molar-refractivity contribution >= 4 is 0 Å². The van der Waals surface area contributed by atoms with E-state index in [-0.39, 0.29) is 0 Å². The Morgan fingerprint density at radius 3 is 2.38 bits per heavy atom. The van der Waals surface area contributed by atoms with Crippen molar-refractivity contribution in [3.05, 3.63) is 35.9 Å². The summed E-state index contributed by atoms with van der Waals surface area (Å²) in [4.78, 5) is 0. The van der Waals surface area contributed by atoms with Crippen molar-refractivity contribution in [2.75, 3.05) is 6.54 Å². The van der Waals surface area contributed by atoms with Gasteiger partial charge in [-0.3, -0.25) is 0 Å². The highest BCUT2D eigenvalue weighted by Crippen LogP contribution is 2.32. The molecule has 1 aromatic rings. The van der Waals surface area contributed by atoms with E-state index >= 15 is 0 Å². The van der Waals surface area contributed by atoms with Gasteiger partial charge in [0.2, 0.25) is 0 Å². The number of hydrogen-bond acceptors (Lipinski definition) is 1. The van der Waals surface area contributed by atoms with Gasteiger partial charge in [0.1, 0.15) is 0 Å². The predicted molar refractivity (Wildman–Crippen MR) is 69.3 cm³/mol. The van der Waals surface area contributed by atoms with Crippen molar-refractivity contribution in [3.63, 3.8) is 0 Å². The molecule has 2 unspecified atom stereocenters. The van der Waals surface area contributed by atoms with Crippen molar-refractivity contribution < 1.29 is 0 Å². The third-order valence-corrected chi connectivity index (χ3v) is 4.02. The highest BCUT2D eigenvalue weighted by Gasteiger charge is 2.23. The molecule has 0 spiro atoms. The van der Waals surface area contributed by atoms with Gasteiger partial charge >= 0.3 is 0 Å². The zero-order valence-electron chi connectivity index (χ0n) is 10.1. The summed E-state index contributed by atoms with van der Waals surface area (Å²) >= 11 is 0. The average Bonchev–Trinajstić information content (AvgIpc) is 2.38. The normalized spacial score (nSPS) is 25.6. The van der Waals surface area contributed by atoms with E-state index in [1.54, 1.807) is 0 Å². The van der Waals surface area contributed by atoms with Crippen LogP contribution in [0.15, 0.2) is 30.3 Å². The van der Waals surface area contributed by atoms with Crippen LogP contribution in [0.1, 0.15) is 37.7 Å². The van der Waals surface area contributed by atoms with Crippen molar-refractivity contribution in [1.82, 2.24) is 0 Å². The first-order valence-corrected chi connectivity index (χ1v) is 6.64. The van der Waals surface area contributed by atoms with Gasteiger partial charge in [0, 0.05) is 0 Å². The van der Waals surface area contributed by atoms with Gasteiger partial charge in [-0.1, -0.05) is 49.6 Å². The van der Waals surface area contributed by atoms with Crippen LogP contribution in [0.25, 0.3) is 0 Å². The second kappa shape index (κ2) is 6.05. The minimum Gasteiger partial charge on any atom is -0.330 e. The maximum absolute atomic E-state index is 5.86. The molecular formula is C15H23N. The summed E-state index contributed by atoms with van der Waals surface area (Å²) in [6.45, 7) is 0.888. The fourth-order valence-electron chi connectivity index (χ4n) is 2.97. The van der Waals surface area contributed by atoms with Crippen molar-refractivity contribution in [3.8, 4) is 0 Å². The molecule has 1 nitrogen and oxygen atoms in total. The lowest BCUT2D eigenvalue weighted by Gasteiger charge is -2.30. The van der Waals surface area contributed by atoms with Gasteiger partial charge in [0.05, 0.1) is 0 Å². The van der Waals surface area contributed by atoms with Crippen LogP contribution in [-0.4, -0.2) is 6.54 Å². The molecule has 0 amide bonds. The number of benzene rings is 1. The highest BCUT2D eigenvalue weighted by atomic mass is 14.6. The molecule has 1 saturated carbocycles. The zero-order valence-corrected chi connectivity index (χ0v) is 10.1. The maximum atomic E-state index is 5.86. The smallest absolute Gasteiger partial charge is 0.00462 e. The van der Waals surface area contributed by atoms with Crippen molar-refractivity contribution in [1.29, 1.82) is 0 Å². The molecule has 0 bridgehead atoms. The molecule has 1 aromatic carbocycles. The molecule has 88 valence electrons. The monoisotopic (exact) mass is 217 g/mol. The van der Waals surface area contributed by atoms with E-state index in [0.29, 0.717) is 0 Å². The van der Waals surface area contributed by atoms with Crippen LogP contribution in [0.2, 0.25) is 0 Å². The molecule has 0 radical (unpaired) electrons. The Kier molecular flexibility index (Phi) is 4.41. The Morgan fingerprint density at radius 1 is 1.00 bits per heavy atom. The van der Waals surface area contributed by atoms with Gasteiger partial charge in [-0.15, -0.1) is 0 Å². The Balaban J connectivity index is 1.84. The molecular weight excluding hydrogens is 194 g/mol. The Bertz CT molecular complexity index is 294. The fraction of sp³-hybridized carbons (Fsp3) is 0.600. The van der Waals surface area contributed by atoms with Crippen LogP contribution in [0.4, 0.5) is 0 Å². The third-order valence-electron chi connectivity index (χ3n) is 4.02. The first kappa shape index (κ1) is 11.7. The molecule has 0 aliphatic heterocycles. The van der Waals surface area contributed by atoms with E-state index in [0.717, 1.165) is 18.4 Å². The standard InChI is InChI=1S/C15H23N/c16-12-15-9-5-4-8-14(15)11-10-13-6-2-1-3-7-13/h1-3,6-7,14-15H,4-5,8-12,16H2. The fourth-order valence-corrected chi connectivity index (χ4v) is 2.97. The molecule has 0 saturated heterocycles. The summed E-state index contributed by atoms with van der Waals surface area (Å²) in [5, 5.41) is 0. The van der Waals surface area contributed by atoms with E-state index in [2.05, 4.69) is 30.3 Å². The zero-order chi connectivity index (χ0) is 11.2. The van der Waals surface area contributed by atoms with Gasteiger partial charge in [-0.05, 0) is 43.2 Å². The summed E-state index contributed by atoms with van der Waals surface area (Å²) in [6.07, 6.45) is 8.11. The van der Waals surface area contributed by atoms with Gasteiger partial charge in [-0.2, -0.15) is 0 Å². The van der Waals surface area contributed by atoms with Crippen molar-refractivity contribution in [2.24, 2.45) is 17.6 Å². The molecule has 1 heteroatoms. The lowest BCUT2D eigenvalue weighted by atomic mass is 9.76. The minimum absolute atomic E-state index is 0.789. The Morgan fingerprint density at radius 2 is 1.69 bits per heavy atom. The van der Waals surface area contributed by atoms with E-state index in [4.69, 9.17) is 5.73 Å². The largest absolute Gasteiger partial charge is 0.330 e. The molecule has 16 heavy (non-hydrogen) atoms. The number of rotatable bonds is 4. The second-order valence-electron chi connectivity index (χ2n) is 5.06.